The first-order valence-electron chi connectivity index (χ1n) is 12.3. The van der Waals surface area contributed by atoms with Crippen LogP contribution < -0.4 is 5.73 Å². The fraction of sp³-hybridized carbons (Fsp3) is 0.520. The van der Waals surface area contributed by atoms with Gasteiger partial charge < -0.3 is 34.2 Å². The molecule has 3 aliphatic rings. The first-order valence-corrected chi connectivity index (χ1v) is 12.6. The van der Waals surface area contributed by atoms with Gasteiger partial charge in [0.1, 0.15) is 29.9 Å². The molecule has 0 aliphatic carbocycles. The molecule has 3 aromatic rings. The van der Waals surface area contributed by atoms with Crippen LogP contribution in [0.2, 0.25) is 5.15 Å². The number of anilines is 1. The van der Waals surface area contributed by atoms with E-state index in [2.05, 4.69) is 15.0 Å². The molecule has 202 valence electrons. The topological polar surface area (TPSA) is 142 Å². The average Bonchev–Trinajstić information content (AvgIpc) is 3.39. The lowest BCUT2D eigenvalue weighted by atomic mass is 9.99. The summed E-state index contributed by atoms with van der Waals surface area (Å²) in [6.45, 7) is 7.44. The molecule has 6 rings (SSSR count). The molecule has 4 unspecified atom stereocenters. The van der Waals surface area contributed by atoms with Crippen LogP contribution in [0.5, 0.6) is 0 Å². The number of carbonyl (C=O) groups excluding carboxylic acids is 1. The van der Waals surface area contributed by atoms with Gasteiger partial charge in [-0.1, -0.05) is 29.8 Å². The van der Waals surface area contributed by atoms with Crippen LogP contribution in [0.3, 0.4) is 0 Å². The van der Waals surface area contributed by atoms with E-state index in [4.69, 9.17) is 45.8 Å². The first-order chi connectivity index (χ1) is 18.0. The van der Waals surface area contributed by atoms with Gasteiger partial charge in [-0.05, 0) is 39.8 Å². The number of carbonyl (C=O) groups is 1. The third-order valence-corrected chi connectivity index (χ3v) is 6.97. The molecule has 3 aliphatic heterocycles. The normalized spacial score (nSPS) is 31.8. The smallest absolute Gasteiger partial charge is 0.338 e. The predicted molar refractivity (Wildman–Crippen MR) is 133 cm³/mol. The van der Waals surface area contributed by atoms with Gasteiger partial charge in [0.15, 0.2) is 34.7 Å². The Morgan fingerprint density at radius 3 is 2.53 bits per heavy atom. The molecule has 0 radical (unpaired) electrons. The SMILES string of the molecule is CC1(C)OCC2OC(n3cnc4c(Cl)nc(N)nc43)C(OC(=O)c3ccccc3)[C@@H]3OC(C)(C)OC3[C@H]2O1. The second-order valence-corrected chi connectivity index (χ2v) is 10.7. The van der Waals surface area contributed by atoms with Crippen molar-refractivity contribution in [3.8, 4) is 0 Å². The molecule has 12 nitrogen and oxygen atoms in total. The van der Waals surface area contributed by atoms with Gasteiger partial charge in [0, 0.05) is 0 Å². The highest BCUT2D eigenvalue weighted by Crippen LogP contribution is 2.44. The van der Waals surface area contributed by atoms with Crippen molar-refractivity contribution in [2.45, 2.75) is 76.0 Å². The number of aromatic nitrogens is 4. The van der Waals surface area contributed by atoms with Gasteiger partial charge in [-0.15, -0.1) is 0 Å². The third-order valence-electron chi connectivity index (χ3n) is 6.71. The highest BCUT2D eigenvalue weighted by Gasteiger charge is 2.60. The largest absolute Gasteiger partial charge is 0.451 e. The molecule has 38 heavy (non-hydrogen) atoms. The van der Waals surface area contributed by atoms with E-state index in [-0.39, 0.29) is 17.7 Å². The summed E-state index contributed by atoms with van der Waals surface area (Å²) in [7, 11) is 0. The lowest BCUT2D eigenvalue weighted by Crippen LogP contribution is -2.55. The molecular formula is C25H28ClN5O7. The van der Waals surface area contributed by atoms with E-state index in [0.29, 0.717) is 16.7 Å². The number of nitrogens with zero attached hydrogens (tertiary/aromatic N) is 4. The summed E-state index contributed by atoms with van der Waals surface area (Å²) < 4.78 is 39.3. The Labute approximate surface area is 223 Å². The quantitative estimate of drug-likeness (QED) is 0.383. The number of rotatable bonds is 3. The van der Waals surface area contributed by atoms with Gasteiger partial charge in [-0.3, -0.25) is 4.57 Å². The molecule has 0 amide bonds. The van der Waals surface area contributed by atoms with Crippen molar-refractivity contribution in [1.82, 2.24) is 19.5 Å². The molecular weight excluding hydrogens is 518 g/mol. The van der Waals surface area contributed by atoms with E-state index in [9.17, 15) is 4.79 Å². The van der Waals surface area contributed by atoms with Crippen LogP contribution in [-0.2, 0) is 28.4 Å². The molecule has 0 saturated carbocycles. The van der Waals surface area contributed by atoms with Gasteiger partial charge >= 0.3 is 5.97 Å². The van der Waals surface area contributed by atoms with Crippen LogP contribution in [0, 0.1) is 0 Å². The molecule has 13 heteroatoms. The van der Waals surface area contributed by atoms with Crippen LogP contribution in [0.15, 0.2) is 36.7 Å². The van der Waals surface area contributed by atoms with Crippen molar-refractivity contribution in [1.29, 1.82) is 0 Å². The monoisotopic (exact) mass is 545 g/mol. The number of fused-ring (bicyclic) bond motifs is 4. The van der Waals surface area contributed by atoms with E-state index in [1.54, 1.807) is 42.7 Å². The van der Waals surface area contributed by atoms with Gasteiger partial charge in [-0.2, -0.15) is 9.97 Å². The Hall–Kier alpha value is -2.87. The standard InChI is InChI=1S/C25H28ClN5O7/c1-24(2)33-10-13-15(36-24)16-17(38-25(3,4)37-16)18(35-22(32)12-8-6-5-7-9-12)21(34-13)31-11-28-14-19(26)29-23(27)30-20(14)31/h5-9,11,13,15-18,21H,10H2,1-4H3,(H2,27,29,30)/t13?,15-,16?,17+,18?,21?/m0/s1. The molecule has 2 N–H and O–H groups in total. The second kappa shape index (κ2) is 9.11. The Kier molecular flexibility index (Phi) is 6.09. The molecule has 3 saturated heterocycles. The summed E-state index contributed by atoms with van der Waals surface area (Å²) in [6, 6.07) is 8.66. The number of benzene rings is 1. The second-order valence-electron chi connectivity index (χ2n) is 10.4. The van der Waals surface area contributed by atoms with Gasteiger partial charge in [-0.25, -0.2) is 9.78 Å². The lowest BCUT2D eigenvalue weighted by molar-refractivity contribution is -0.332. The molecule has 0 bridgehead atoms. The molecule has 5 heterocycles. The van der Waals surface area contributed by atoms with E-state index in [0.717, 1.165) is 0 Å². The van der Waals surface area contributed by atoms with Gasteiger partial charge in [0.2, 0.25) is 5.95 Å². The zero-order chi connectivity index (χ0) is 26.8. The zero-order valence-electron chi connectivity index (χ0n) is 21.2. The first kappa shape index (κ1) is 25.4. The zero-order valence-corrected chi connectivity index (χ0v) is 22.0. The minimum absolute atomic E-state index is 0.0425. The molecule has 3 fully saturated rings. The van der Waals surface area contributed by atoms with Crippen molar-refractivity contribution < 1.29 is 33.2 Å². The highest BCUT2D eigenvalue weighted by molar-refractivity contribution is 6.33. The Morgan fingerprint density at radius 2 is 1.76 bits per heavy atom. The number of esters is 1. The Balaban J connectivity index is 1.49. The lowest BCUT2D eigenvalue weighted by Gasteiger charge is -2.42. The maximum Gasteiger partial charge on any atom is 0.338 e. The summed E-state index contributed by atoms with van der Waals surface area (Å²) in [4.78, 5) is 26.1. The van der Waals surface area contributed by atoms with Crippen molar-refractivity contribution in [2.24, 2.45) is 0 Å². The summed E-state index contributed by atoms with van der Waals surface area (Å²) in [5.41, 5.74) is 6.89. The highest BCUT2D eigenvalue weighted by atomic mass is 35.5. The van der Waals surface area contributed by atoms with Crippen LogP contribution in [-0.4, -0.2) is 74.2 Å². The van der Waals surface area contributed by atoms with E-state index >= 15 is 0 Å². The maximum atomic E-state index is 13.4. The fourth-order valence-corrected chi connectivity index (χ4v) is 5.37. The number of imidazole rings is 1. The third kappa shape index (κ3) is 4.51. The molecule has 2 aromatic heterocycles. The predicted octanol–water partition coefficient (Wildman–Crippen LogP) is 2.86. The molecule has 6 atom stereocenters. The minimum atomic E-state index is -1.01. The number of hydrogen-bond acceptors (Lipinski definition) is 11. The molecule has 1 aromatic carbocycles. The maximum absolute atomic E-state index is 13.4. The van der Waals surface area contributed by atoms with E-state index < -0.39 is 54.3 Å². The molecule has 0 spiro atoms. The number of hydrogen-bond donors (Lipinski definition) is 1. The number of halogens is 1. The van der Waals surface area contributed by atoms with Crippen LogP contribution in [0.4, 0.5) is 5.95 Å². The number of nitrogen functional groups attached to an aromatic ring is 1. The van der Waals surface area contributed by atoms with Crippen LogP contribution in [0.25, 0.3) is 11.2 Å². The van der Waals surface area contributed by atoms with Crippen molar-refractivity contribution in [3.63, 3.8) is 0 Å². The van der Waals surface area contributed by atoms with Crippen molar-refractivity contribution in [3.05, 3.63) is 47.4 Å². The summed E-state index contributed by atoms with van der Waals surface area (Å²) in [6.07, 6.45) is -3.13. The number of nitrogens with two attached hydrogens (primary N) is 1. The summed E-state index contributed by atoms with van der Waals surface area (Å²) >= 11 is 6.30. The van der Waals surface area contributed by atoms with E-state index in [1.165, 1.54) is 6.33 Å². The van der Waals surface area contributed by atoms with Crippen LogP contribution >= 0.6 is 11.6 Å². The van der Waals surface area contributed by atoms with Gasteiger partial charge in [0.05, 0.1) is 18.5 Å². The number of ether oxygens (including phenoxy) is 6. The van der Waals surface area contributed by atoms with Crippen molar-refractivity contribution in [2.75, 3.05) is 12.3 Å². The summed E-state index contributed by atoms with van der Waals surface area (Å²) in [5.74, 6) is -2.48. The van der Waals surface area contributed by atoms with Crippen molar-refractivity contribution >= 4 is 34.7 Å². The minimum Gasteiger partial charge on any atom is -0.451 e. The summed E-state index contributed by atoms with van der Waals surface area (Å²) in [5, 5.41) is 0.0844. The van der Waals surface area contributed by atoms with Crippen LogP contribution in [0.1, 0.15) is 44.3 Å². The van der Waals surface area contributed by atoms with E-state index in [1.807, 2.05) is 19.9 Å². The Morgan fingerprint density at radius 1 is 1.05 bits per heavy atom. The fourth-order valence-electron chi connectivity index (χ4n) is 5.15. The average molecular weight is 546 g/mol. The Bertz CT molecular complexity index is 1370. The van der Waals surface area contributed by atoms with Gasteiger partial charge in [0.25, 0.3) is 0 Å².